The van der Waals surface area contributed by atoms with Gasteiger partial charge in [-0.3, -0.25) is 0 Å². The molecule has 0 amide bonds. The number of ether oxygens (including phenoxy) is 1. The lowest BCUT2D eigenvalue weighted by molar-refractivity contribution is 0.265. The number of benzene rings is 3. The zero-order chi connectivity index (χ0) is 21.5. The Morgan fingerprint density at radius 1 is 0.935 bits per heavy atom. The maximum Gasteiger partial charge on any atom is 0.124 e. The van der Waals surface area contributed by atoms with E-state index in [9.17, 15) is 0 Å². The van der Waals surface area contributed by atoms with Crippen molar-refractivity contribution in [3.8, 4) is 16.9 Å². The first-order valence-electron chi connectivity index (χ1n) is 10.5. The SMILES string of the molecule is CN(C)C1=CCN([C@H]2CCOc3ccccc32)c2c1cccc2-c1cc(Cl)cc(Cl)c1. The second-order valence-corrected chi connectivity index (χ2v) is 9.06. The zero-order valence-corrected chi connectivity index (χ0v) is 19.1. The highest BCUT2D eigenvalue weighted by Crippen LogP contribution is 2.47. The molecule has 2 heterocycles. The maximum atomic E-state index is 6.38. The third-order valence-electron chi connectivity index (χ3n) is 6.04. The summed E-state index contributed by atoms with van der Waals surface area (Å²) in [5, 5.41) is 1.28. The van der Waals surface area contributed by atoms with Crippen molar-refractivity contribution in [1.29, 1.82) is 0 Å². The molecule has 0 unspecified atom stereocenters. The maximum absolute atomic E-state index is 6.38. The van der Waals surface area contributed by atoms with Crippen molar-refractivity contribution in [3.63, 3.8) is 0 Å². The van der Waals surface area contributed by atoms with Crippen LogP contribution in [0.2, 0.25) is 10.0 Å². The van der Waals surface area contributed by atoms with E-state index in [1.54, 1.807) is 6.07 Å². The molecular weight excluding hydrogens is 427 g/mol. The molecule has 5 heteroatoms. The van der Waals surface area contributed by atoms with Crippen molar-refractivity contribution in [2.24, 2.45) is 0 Å². The van der Waals surface area contributed by atoms with E-state index in [-0.39, 0.29) is 6.04 Å². The molecule has 0 spiro atoms. The van der Waals surface area contributed by atoms with Crippen LogP contribution in [0.4, 0.5) is 5.69 Å². The highest BCUT2D eigenvalue weighted by atomic mass is 35.5. The predicted molar refractivity (Wildman–Crippen MR) is 130 cm³/mol. The number of hydrogen-bond donors (Lipinski definition) is 0. The van der Waals surface area contributed by atoms with E-state index < -0.39 is 0 Å². The third-order valence-corrected chi connectivity index (χ3v) is 6.48. The van der Waals surface area contributed by atoms with Crippen LogP contribution in [0.25, 0.3) is 16.8 Å². The molecule has 0 aliphatic carbocycles. The number of rotatable bonds is 3. The summed E-state index contributed by atoms with van der Waals surface area (Å²) in [6, 6.07) is 20.9. The van der Waals surface area contributed by atoms with Gasteiger partial charge in [-0.2, -0.15) is 0 Å². The Labute approximate surface area is 193 Å². The summed E-state index contributed by atoms with van der Waals surface area (Å²) in [7, 11) is 4.19. The summed E-state index contributed by atoms with van der Waals surface area (Å²) in [4.78, 5) is 4.69. The summed E-state index contributed by atoms with van der Waals surface area (Å²) in [5.74, 6) is 0.978. The molecule has 2 aliphatic rings. The van der Waals surface area contributed by atoms with Gasteiger partial charge in [0.1, 0.15) is 5.75 Å². The van der Waals surface area contributed by atoms with Crippen molar-refractivity contribution in [3.05, 3.63) is 87.9 Å². The van der Waals surface area contributed by atoms with Crippen LogP contribution in [-0.4, -0.2) is 32.1 Å². The second-order valence-electron chi connectivity index (χ2n) is 8.19. The summed E-state index contributed by atoms with van der Waals surface area (Å²) in [6.07, 6.45) is 3.25. The molecule has 0 saturated carbocycles. The number of para-hydroxylation sites is 2. The predicted octanol–water partition coefficient (Wildman–Crippen LogP) is 6.91. The third kappa shape index (κ3) is 3.66. The van der Waals surface area contributed by atoms with Crippen molar-refractivity contribution < 1.29 is 4.74 Å². The first-order chi connectivity index (χ1) is 15.0. The van der Waals surface area contributed by atoms with E-state index in [0.717, 1.165) is 29.8 Å². The van der Waals surface area contributed by atoms with Crippen molar-refractivity contribution in [1.82, 2.24) is 4.90 Å². The molecule has 3 aromatic rings. The number of anilines is 1. The van der Waals surface area contributed by atoms with Crippen LogP contribution in [0.5, 0.6) is 5.75 Å². The van der Waals surface area contributed by atoms with Crippen molar-refractivity contribution in [2.75, 3.05) is 32.1 Å². The molecule has 31 heavy (non-hydrogen) atoms. The van der Waals surface area contributed by atoms with Gasteiger partial charge in [0.2, 0.25) is 0 Å². The van der Waals surface area contributed by atoms with Gasteiger partial charge < -0.3 is 14.5 Å². The van der Waals surface area contributed by atoms with Crippen LogP contribution >= 0.6 is 23.2 Å². The summed E-state index contributed by atoms with van der Waals surface area (Å²) < 4.78 is 5.95. The number of halogens is 2. The van der Waals surface area contributed by atoms with Crippen LogP contribution in [0, 0.1) is 0 Å². The first-order valence-corrected chi connectivity index (χ1v) is 11.2. The average Bonchev–Trinajstić information content (AvgIpc) is 2.77. The van der Waals surface area contributed by atoms with Crippen LogP contribution < -0.4 is 9.64 Å². The van der Waals surface area contributed by atoms with Crippen molar-refractivity contribution in [2.45, 2.75) is 12.5 Å². The smallest absolute Gasteiger partial charge is 0.124 e. The van der Waals surface area contributed by atoms with E-state index in [1.165, 1.54) is 22.5 Å². The Morgan fingerprint density at radius 2 is 1.68 bits per heavy atom. The fourth-order valence-corrected chi connectivity index (χ4v) is 5.27. The Kier molecular flexibility index (Phi) is 5.33. The molecule has 0 fully saturated rings. The molecule has 5 rings (SSSR count). The number of hydrogen-bond acceptors (Lipinski definition) is 3. The van der Waals surface area contributed by atoms with Gasteiger partial charge in [0, 0.05) is 59.5 Å². The van der Waals surface area contributed by atoms with Crippen LogP contribution in [0.3, 0.4) is 0 Å². The fourth-order valence-electron chi connectivity index (χ4n) is 4.74. The van der Waals surface area contributed by atoms with Gasteiger partial charge in [-0.25, -0.2) is 0 Å². The Bertz CT molecular complexity index is 1150. The highest BCUT2D eigenvalue weighted by molar-refractivity contribution is 6.35. The molecule has 3 nitrogen and oxygen atoms in total. The first kappa shape index (κ1) is 20.3. The highest BCUT2D eigenvalue weighted by Gasteiger charge is 2.32. The van der Waals surface area contributed by atoms with E-state index in [2.05, 4.69) is 66.4 Å². The summed E-state index contributed by atoms with van der Waals surface area (Å²) in [5.41, 5.74) is 7.06. The minimum Gasteiger partial charge on any atom is -0.493 e. The normalized spacial score (nSPS) is 17.4. The van der Waals surface area contributed by atoms with E-state index >= 15 is 0 Å². The molecular formula is C26H24Cl2N2O. The molecule has 0 N–H and O–H groups in total. The van der Waals surface area contributed by atoms with E-state index in [4.69, 9.17) is 27.9 Å². The van der Waals surface area contributed by atoms with Gasteiger partial charge in [-0.1, -0.05) is 59.6 Å². The molecule has 2 aliphatic heterocycles. The molecule has 0 radical (unpaired) electrons. The minimum atomic E-state index is 0.236. The van der Waals surface area contributed by atoms with Crippen LogP contribution in [0.1, 0.15) is 23.6 Å². The lowest BCUT2D eigenvalue weighted by atomic mass is 9.91. The Hall–Kier alpha value is -2.62. The topological polar surface area (TPSA) is 15.7 Å². The fraction of sp³-hybridized carbons (Fsp3) is 0.231. The zero-order valence-electron chi connectivity index (χ0n) is 17.6. The van der Waals surface area contributed by atoms with Gasteiger partial charge in [0.25, 0.3) is 0 Å². The molecule has 158 valence electrons. The largest absolute Gasteiger partial charge is 0.493 e. The quantitative estimate of drug-likeness (QED) is 0.431. The van der Waals surface area contributed by atoms with Crippen LogP contribution in [-0.2, 0) is 0 Å². The second kappa shape index (κ2) is 8.14. The van der Waals surface area contributed by atoms with Crippen molar-refractivity contribution >= 4 is 34.6 Å². The number of fused-ring (bicyclic) bond motifs is 2. The van der Waals surface area contributed by atoms with Crippen LogP contribution in [0.15, 0.2) is 66.7 Å². The molecule has 0 aromatic heterocycles. The standard InChI is InChI=1S/C26H24Cl2N2O/c1-29(2)23-10-12-30(24-11-13-31-25-9-4-3-6-21(24)25)26-20(7-5-8-22(23)26)17-14-18(27)16-19(28)15-17/h3-10,14-16,24H,11-13H2,1-2H3/t24-/m0/s1. The molecule has 0 bridgehead atoms. The van der Waals surface area contributed by atoms with Gasteiger partial charge >= 0.3 is 0 Å². The monoisotopic (exact) mass is 450 g/mol. The lowest BCUT2D eigenvalue weighted by Gasteiger charge is -2.42. The molecule has 3 aromatic carbocycles. The molecule has 1 atom stereocenters. The average molecular weight is 451 g/mol. The van der Waals surface area contributed by atoms with E-state index in [0.29, 0.717) is 16.7 Å². The summed E-state index contributed by atoms with van der Waals surface area (Å²) in [6.45, 7) is 1.54. The lowest BCUT2D eigenvalue weighted by Crippen LogP contribution is -2.36. The Balaban J connectivity index is 1.72. The summed E-state index contributed by atoms with van der Waals surface area (Å²) >= 11 is 12.8. The van der Waals surface area contributed by atoms with Gasteiger partial charge in [-0.05, 0) is 35.9 Å². The van der Waals surface area contributed by atoms with Gasteiger partial charge in [0.15, 0.2) is 0 Å². The Morgan fingerprint density at radius 3 is 2.45 bits per heavy atom. The minimum absolute atomic E-state index is 0.236. The van der Waals surface area contributed by atoms with Gasteiger partial charge in [0.05, 0.1) is 18.3 Å². The molecule has 0 saturated heterocycles. The van der Waals surface area contributed by atoms with E-state index in [1.807, 2.05) is 18.2 Å². The van der Waals surface area contributed by atoms with Gasteiger partial charge in [-0.15, -0.1) is 0 Å². The number of nitrogens with zero attached hydrogens (tertiary/aromatic N) is 2.